The summed E-state index contributed by atoms with van der Waals surface area (Å²) in [5.74, 6) is 0. The zero-order chi connectivity index (χ0) is 15.8. The maximum absolute atomic E-state index is 9.99. The van der Waals surface area contributed by atoms with E-state index in [-0.39, 0.29) is 12.2 Å². The molecule has 1 atom stereocenters. The van der Waals surface area contributed by atoms with Crippen molar-refractivity contribution in [2.24, 2.45) is 0 Å². The van der Waals surface area contributed by atoms with Crippen molar-refractivity contribution in [3.05, 3.63) is 29.8 Å². The maximum Gasteiger partial charge on any atom is 0.551 e. The zero-order valence-corrected chi connectivity index (χ0v) is 13.8. The molecule has 1 aromatic rings. The molecule has 4 nitrogen and oxygen atoms in total. The van der Waals surface area contributed by atoms with Crippen LogP contribution in [0.5, 0.6) is 0 Å². The molecule has 0 aliphatic carbocycles. The molecule has 22 heavy (non-hydrogen) atoms. The van der Waals surface area contributed by atoms with Crippen molar-refractivity contribution in [2.75, 3.05) is 19.6 Å². The number of aliphatic hydroxyl groups excluding tert-OH is 1. The molecule has 1 aliphatic rings. The van der Waals surface area contributed by atoms with Gasteiger partial charge in [-0.3, -0.25) is 4.90 Å². The summed E-state index contributed by atoms with van der Waals surface area (Å²) in [5.41, 5.74) is 2.13. The van der Waals surface area contributed by atoms with Crippen LogP contribution in [0.3, 0.4) is 0 Å². The van der Waals surface area contributed by atoms with Gasteiger partial charge in [-0.15, -0.1) is 4.99 Å². The highest BCUT2D eigenvalue weighted by Crippen LogP contribution is 2.10. The van der Waals surface area contributed by atoms with Crippen LogP contribution in [0.4, 0.5) is 5.69 Å². The number of hydrogen-bond acceptors (Lipinski definition) is 2. The van der Waals surface area contributed by atoms with Crippen LogP contribution < -0.4 is 4.99 Å². The van der Waals surface area contributed by atoms with Crippen molar-refractivity contribution in [1.82, 2.24) is 4.90 Å². The van der Waals surface area contributed by atoms with Gasteiger partial charge < -0.3 is 9.84 Å². The van der Waals surface area contributed by atoms with E-state index >= 15 is 0 Å². The summed E-state index contributed by atoms with van der Waals surface area (Å²) in [5, 5.41) is 9.99. The van der Waals surface area contributed by atoms with Crippen molar-refractivity contribution in [2.45, 2.75) is 52.1 Å². The minimum atomic E-state index is -0.113. The molecule has 0 aromatic heterocycles. The fourth-order valence-corrected chi connectivity index (χ4v) is 2.98. The maximum atomic E-state index is 9.99. The predicted molar refractivity (Wildman–Crippen MR) is 89.5 cm³/mol. The molecule has 0 saturated carbocycles. The molecule has 1 heterocycles. The molecule has 1 aromatic carbocycles. The van der Waals surface area contributed by atoms with Gasteiger partial charge in [0.15, 0.2) is 0 Å². The summed E-state index contributed by atoms with van der Waals surface area (Å²) >= 11 is 0. The SMILES string of the molecule is CCCc1cccc([NH+]=C(O)O[C@@H](C)CN2CCCCC2)c1. The fraction of sp³-hybridized carbons (Fsp3) is 0.611. The van der Waals surface area contributed by atoms with Gasteiger partial charge in [-0.1, -0.05) is 31.9 Å². The lowest BCUT2D eigenvalue weighted by atomic mass is 10.1. The molecule has 0 unspecified atom stereocenters. The Morgan fingerprint density at radius 2 is 2.09 bits per heavy atom. The van der Waals surface area contributed by atoms with E-state index in [1.54, 1.807) is 0 Å². The normalized spacial score (nSPS) is 18.2. The number of aryl methyl sites for hydroxylation is 1. The first-order valence-electron chi connectivity index (χ1n) is 8.48. The number of piperidine rings is 1. The Bertz CT molecular complexity index is 482. The number of rotatable bonds is 6. The first-order chi connectivity index (χ1) is 10.7. The molecule has 2 rings (SSSR count). The number of nitrogens with zero attached hydrogens (tertiary/aromatic N) is 1. The van der Waals surface area contributed by atoms with E-state index in [9.17, 15) is 5.11 Å². The molecule has 4 heteroatoms. The number of ether oxygens (including phenoxy) is 1. The first-order valence-corrected chi connectivity index (χ1v) is 8.48. The van der Waals surface area contributed by atoms with E-state index in [4.69, 9.17) is 4.74 Å². The Labute approximate surface area is 133 Å². The number of benzene rings is 1. The Morgan fingerprint density at radius 3 is 2.82 bits per heavy atom. The van der Waals surface area contributed by atoms with Gasteiger partial charge in [-0.25, -0.2) is 0 Å². The van der Waals surface area contributed by atoms with E-state index in [2.05, 4.69) is 28.9 Å². The quantitative estimate of drug-likeness (QED) is 0.625. The Morgan fingerprint density at radius 1 is 1.32 bits per heavy atom. The highest BCUT2D eigenvalue weighted by Gasteiger charge is 2.17. The highest BCUT2D eigenvalue weighted by molar-refractivity contribution is 5.59. The summed E-state index contributed by atoms with van der Waals surface area (Å²) in [7, 11) is 0. The third-order valence-corrected chi connectivity index (χ3v) is 3.99. The third kappa shape index (κ3) is 5.68. The summed E-state index contributed by atoms with van der Waals surface area (Å²) in [6.45, 7) is 7.30. The van der Waals surface area contributed by atoms with Gasteiger partial charge in [0.1, 0.15) is 6.10 Å². The molecule has 0 radical (unpaired) electrons. The minimum absolute atomic E-state index is 0.0237. The molecular formula is C18H29N2O2+. The first kappa shape index (κ1) is 16.8. The molecule has 0 spiro atoms. The standard InChI is InChI=1S/C18H28N2O2/c1-3-8-16-9-7-10-17(13-16)19-18(21)22-15(2)14-20-11-5-4-6-12-20/h7,9-10,13,15H,3-6,8,11-12,14H2,1-2H3,(H,19,21)/p+1/t15-/m0/s1. The molecule has 2 N–H and O–H groups in total. The lowest BCUT2D eigenvalue weighted by molar-refractivity contribution is -0.383. The topological polar surface area (TPSA) is 46.7 Å². The van der Waals surface area contributed by atoms with E-state index in [1.165, 1.54) is 24.8 Å². The second kappa shape index (κ2) is 8.79. The second-order valence-corrected chi connectivity index (χ2v) is 6.17. The summed E-state index contributed by atoms with van der Waals surface area (Å²) in [4.78, 5) is 5.35. The molecule has 1 aliphatic heterocycles. The van der Waals surface area contributed by atoms with Crippen LogP contribution >= 0.6 is 0 Å². The van der Waals surface area contributed by atoms with Crippen LogP contribution in [0.2, 0.25) is 0 Å². The summed E-state index contributed by atoms with van der Waals surface area (Å²) in [6.07, 6.45) is 5.89. The van der Waals surface area contributed by atoms with E-state index in [0.29, 0.717) is 0 Å². The van der Waals surface area contributed by atoms with Crippen molar-refractivity contribution in [1.29, 1.82) is 0 Å². The molecule has 1 fully saturated rings. The predicted octanol–water partition coefficient (Wildman–Crippen LogP) is 2.16. The van der Waals surface area contributed by atoms with Crippen LogP contribution in [-0.4, -0.2) is 41.8 Å². The highest BCUT2D eigenvalue weighted by atomic mass is 16.6. The average Bonchev–Trinajstić information content (AvgIpc) is 2.48. The van der Waals surface area contributed by atoms with E-state index < -0.39 is 0 Å². The minimum Gasteiger partial charge on any atom is -0.430 e. The Kier molecular flexibility index (Phi) is 6.72. The van der Waals surface area contributed by atoms with Gasteiger partial charge in [0, 0.05) is 18.7 Å². The molecular weight excluding hydrogens is 276 g/mol. The smallest absolute Gasteiger partial charge is 0.430 e. The zero-order valence-electron chi connectivity index (χ0n) is 13.8. The van der Waals surface area contributed by atoms with Crippen LogP contribution in [0.1, 0.15) is 45.1 Å². The van der Waals surface area contributed by atoms with Gasteiger partial charge in [0.05, 0.1) is 0 Å². The van der Waals surface area contributed by atoms with Crippen LogP contribution in [0.15, 0.2) is 24.3 Å². The van der Waals surface area contributed by atoms with Crippen molar-refractivity contribution in [3.63, 3.8) is 0 Å². The monoisotopic (exact) mass is 305 g/mol. The molecule has 0 amide bonds. The van der Waals surface area contributed by atoms with E-state index in [0.717, 1.165) is 38.2 Å². The number of likely N-dealkylation sites (tertiary alicyclic amines) is 1. The average molecular weight is 305 g/mol. The van der Waals surface area contributed by atoms with E-state index in [1.807, 2.05) is 19.1 Å². The van der Waals surface area contributed by atoms with Crippen molar-refractivity contribution in [3.8, 4) is 0 Å². The van der Waals surface area contributed by atoms with Gasteiger partial charge in [-0.2, -0.15) is 0 Å². The summed E-state index contributed by atoms with van der Waals surface area (Å²) in [6, 6.07) is 8.09. The third-order valence-electron chi connectivity index (χ3n) is 3.99. The van der Waals surface area contributed by atoms with Crippen LogP contribution in [-0.2, 0) is 11.2 Å². The lowest BCUT2D eigenvalue weighted by Crippen LogP contribution is -2.67. The largest absolute Gasteiger partial charge is 0.551 e. The van der Waals surface area contributed by atoms with Gasteiger partial charge >= 0.3 is 6.08 Å². The molecule has 122 valence electrons. The lowest BCUT2D eigenvalue weighted by Gasteiger charge is -2.28. The van der Waals surface area contributed by atoms with Crippen LogP contribution in [0.25, 0.3) is 0 Å². The fourth-order valence-electron chi connectivity index (χ4n) is 2.98. The van der Waals surface area contributed by atoms with Crippen LogP contribution in [0, 0.1) is 0 Å². The van der Waals surface area contributed by atoms with Gasteiger partial charge in [0.2, 0.25) is 5.69 Å². The van der Waals surface area contributed by atoms with Gasteiger partial charge in [0.25, 0.3) is 0 Å². The van der Waals surface area contributed by atoms with Crippen molar-refractivity contribution >= 4 is 11.8 Å². The van der Waals surface area contributed by atoms with Gasteiger partial charge in [-0.05, 0) is 44.8 Å². The number of hydrogen-bond donors (Lipinski definition) is 2. The number of aliphatic hydroxyl groups is 1. The Balaban J connectivity index is 1.86. The Hall–Kier alpha value is -1.55. The molecule has 0 bridgehead atoms. The summed E-state index contributed by atoms with van der Waals surface area (Å²) < 4.78 is 5.58. The number of nitrogens with one attached hydrogen (secondary N) is 1. The molecule has 1 saturated heterocycles. The second-order valence-electron chi connectivity index (χ2n) is 6.17. The van der Waals surface area contributed by atoms with Crippen molar-refractivity contribution < 1.29 is 14.8 Å².